The first-order chi connectivity index (χ1) is 9.30. The van der Waals surface area contributed by atoms with Gasteiger partial charge in [-0.1, -0.05) is 0 Å². The number of urea groups is 1. The number of ether oxygens (including phenoxy) is 1. The lowest BCUT2D eigenvalue weighted by molar-refractivity contribution is -0.155. The summed E-state index contributed by atoms with van der Waals surface area (Å²) in [5, 5.41) is 14.0. The molecule has 0 radical (unpaired) electrons. The van der Waals surface area contributed by atoms with E-state index in [1.165, 1.54) is 0 Å². The highest BCUT2D eigenvalue weighted by atomic mass is 16.6. The maximum atomic E-state index is 11.6. The summed E-state index contributed by atoms with van der Waals surface area (Å²) in [6.07, 6.45) is -0.105. The maximum absolute atomic E-state index is 11.6. The van der Waals surface area contributed by atoms with Crippen LogP contribution in [0.4, 0.5) is 4.79 Å². The summed E-state index contributed by atoms with van der Waals surface area (Å²) in [4.78, 5) is 34.3. The highest BCUT2D eigenvalue weighted by molar-refractivity contribution is 5.83. The Kier molecular flexibility index (Phi) is 6.66. The Labute approximate surface area is 125 Å². The van der Waals surface area contributed by atoms with Crippen LogP contribution >= 0.6 is 0 Å². The van der Waals surface area contributed by atoms with E-state index in [-0.39, 0.29) is 12.8 Å². The molecule has 3 N–H and O–H groups in total. The molecule has 0 heterocycles. The normalized spacial score (nSPS) is 13.2. The Bertz CT molecular complexity index is 393. The van der Waals surface area contributed by atoms with Crippen LogP contribution in [0.1, 0.15) is 54.4 Å². The van der Waals surface area contributed by atoms with Crippen molar-refractivity contribution in [2.45, 2.75) is 71.6 Å². The van der Waals surface area contributed by atoms with Crippen molar-refractivity contribution in [1.29, 1.82) is 0 Å². The molecule has 0 bridgehead atoms. The van der Waals surface area contributed by atoms with Crippen LogP contribution in [0.3, 0.4) is 0 Å². The predicted molar refractivity (Wildman–Crippen MR) is 77.9 cm³/mol. The molecule has 0 unspecified atom stereocenters. The van der Waals surface area contributed by atoms with Crippen molar-refractivity contribution in [3.63, 3.8) is 0 Å². The van der Waals surface area contributed by atoms with Gasteiger partial charge >= 0.3 is 18.0 Å². The minimum Gasteiger partial charge on any atom is -0.480 e. The number of esters is 1. The van der Waals surface area contributed by atoms with Crippen molar-refractivity contribution in [2.24, 2.45) is 0 Å². The molecule has 0 aliphatic carbocycles. The van der Waals surface area contributed by atoms with Crippen molar-refractivity contribution < 1.29 is 24.2 Å². The zero-order chi connectivity index (χ0) is 16.8. The van der Waals surface area contributed by atoms with E-state index < -0.39 is 35.2 Å². The van der Waals surface area contributed by atoms with Gasteiger partial charge < -0.3 is 20.5 Å². The number of aliphatic carboxylic acids is 1. The molecular weight excluding hydrogens is 276 g/mol. The summed E-state index contributed by atoms with van der Waals surface area (Å²) < 4.78 is 5.09. The molecule has 7 heteroatoms. The fraction of sp³-hybridized carbons (Fsp3) is 0.786. The molecule has 0 saturated carbocycles. The van der Waals surface area contributed by atoms with Gasteiger partial charge in [-0.2, -0.15) is 0 Å². The zero-order valence-electron chi connectivity index (χ0n) is 13.6. The van der Waals surface area contributed by atoms with Gasteiger partial charge in [0.2, 0.25) is 0 Å². The van der Waals surface area contributed by atoms with Crippen molar-refractivity contribution in [2.75, 3.05) is 0 Å². The van der Waals surface area contributed by atoms with Crippen molar-refractivity contribution in [1.82, 2.24) is 10.6 Å². The summed E-state index contributed by atoms with van der Waals surface area (Å²) in [5.74, 6) is -1.69. The molecular formula is C14H26N2O5. The third-order valence-electron chi connectivity index (χ3n) is 2.15. The third-order valence-corrected chi connectivity index (χ3v) is 2.15. The van der Waals surface area contributed by atoms with E-state index in [0.717, 1.165) is 0 Å². The summed E-state index contributed by atoms with van der Waals surface area (Å²) in [5.41, 5.74) is -1.09. The van der Waals surface area contributed by atoms with Gasteiger partial charge in [-0.05, 0) is 48.0 Å². The van der Waals surface area contributed by atoms with Gasteiger partial charge in [0.15, 0.2) is 0 Å². The Balaban J connectivity index is 4.42. The van der Waals surface area contributed by atoms with E-state index in [1.54, 1.807) is 41.5 Å². The number of carbonyl (C=O) groups excluding carboxylic acids is 2. The summed E-state index contributed by atoms with van der Waals surface area (Å²) in [6, 6.07) is -1.72. The number of hydrogen-bond donors (Lipinski definition) is 3. The molecule has 0 fully saturated rings. The molecule has 122 valence electrons. The van der Waals surface area contributed by atoms with E-state index in [4.69, 9.17) is 9.84 Å². The number of carboxylic acids is 1. The maximum Gasteiger partial charge on any atom is 0.326 e. The van der Waals surface area contributed by atoms with Crippen LogP contribution in [0.5, 0.6) is 0 Å². The van der Waals surface area contributed by atoms with Crippen LogP contribution in [0, 0.1) is 0 Å². The molecule has 0 aliphatic heterocycles. The molecule has 1 atom stereocenters. The smallest absolute Gasteiger partial charge is 0.326 e. The van der Waals surface area contributed by atoms with Gasteiger partial charge in [-0.15, -0.1) is 0 Å². The SMILES string of the molecule is CC(C)(C)NC(=O)N[C@H](CCC(=O)OC(C)(C)C)C(=O)O. The van der Waals surface area contributed by atoms with E-state index in [2.05, 4.69) is 10.6 Å². The summed E-state index contributed by atoms with van der Waals surface area (Å²) >= 11 is 0. The largest absolute Gasteiger partial charge is 0.480 e. The van der Waals surface area contributed by atoms with E-state index in [9.17, 15) is 14.4 Å². The van der Waals surface area contributed by atoms with Crippen LogP contribution in [0.15, 0.2) is 0 Å². The highest BCUT2D eigenvalue weighted by Gasteiger charge is 2.24. The van der Waals surface area contributed by atoms with Crippen molar-refractivity contribution >= 4 is 18.0 Å². The van der Waals surface area contributed by atoms with E-state index >= 15 is 0 Å². The Morgan fingerprint density at radius 1 is 1.10 bits per heavy atom. The molecule has 2 amide bonds. The van der Waals surface area contributed by atoms with Gasteiger partial charge in [0.1, 0.15) is 11.6 Å². The van der Waals surface area contributed by atoms with Crippen LogP contribution < -0.4 is 10.6 Å². The molecule has 0 aliphatic rings. The molecule has 0 saturated heterocycles. The van der Waals surface area contributed by atoms with Gasteiger partial charge in [0.05, 0.1) is 0 Å². The second-order valence-electron chi connectivity index (χ2n) is 6.86. The predicted octanol–water partition coefficient (Wildman–Crippen LogP) is 1.66. The standard InChI is InChI=1S/C14H26N2O5/c1-13(2,3)16-12(20)15-9(11(18)19)7-8-10(17)21-14(4,5)6/h9H,7-8H2,1-6H3,(H,18,19)(H2,15,16,20)/t9-/m1/s1. The third kappa shape index (κ3) is 10.6. The first-order valence-electron chi connectivity index (χ1n) is 6.83. The lowest BCUT2D eigenvalue weighted by Gasteiger charge is -2.23. The first kappa shape index (κ1) is 19.2. The molecule has 7 nitrogen and oxygen atoms in total. The minimum absolute atomic E-state index is 0.0260. The van der Waals surface area contributed by atoms with Gasteiger partial charge in [0.25, 0.3) is 0 Å². The quantitative estimate of drug-likeness (QED) is 0.670. The minimum atomic E-state index is -1.19. The molecule has 0 aromatic carbocycles. The fourth-order valence-electron chi connectivity index (χ4n) is 1.45. The lowest BCUT2D eigenvalue weighted by atomic mass is 10.1. The lowest BCUT2D eigenvalue weighted by Crippen LogP contribution is -2.51. The van der Waals surface area contributed by atoms with Crippen LogP contribution in [-0.2, 0) is 14.3 Å². The van der Waals surface area contributed by atoms with Gasteiger partial charge in [-0.25, -0.2) is 9.59 Å². The fourth-order valence-corrected chi connectivity index (χ4v) is 1.45. The van der Waals surface area contributed by atoms with Crippen LogP contribution in [-0.4, -0.2) is 40.3 Å². The monoisotopic (exact) mass is 302 g/mol. The van der Waals surface area contributed by atoms with Gasteiger partial charge in [-0.3, -0.25) is 4.79 Å². The molecule has 0 aromatic rings. The zero-order valence-corrected chi connectivity index (χ0v) is 13.6. The number of carbonyl (C=O) groups is 3. The molecule has 21 heavy (non-hydrogen) atoms. The van der Waals surface area contributed by atoms with Crippen LogP contribution in [0.25, 0.3) is 0 Å². The average molecular weight is 302 g/mol. The molecule has 0 rings (SSSR count). The summed E-state index contributed by atoms with van der Waals surface area (Å²) in [6.45, 7) is 10.5. The Hall–Kier alpha value is -1.79. The van der Waals surface area contributed by atoms with E-state index in [0.29, 0.717) is 0 Å². The Morgan fingerprint density at radius 2 is 1.62 bits per heavy atom. The highest BCUT2D eigenvalue weighted by Crippen LogP contribution is 2.10. The topological polar surface area (TPSA) is 105 Å². The first-order valence-corrected chi connectivity index (χ1v) is 6.83. The molecule has 0 spiro atoms. The number of nitrogens with one attached hydrogen (secondary N) is 2. The second kappa shape index (κ2) is 7.28. The number of amides is 2. The van der Waals surface area contributed by atoms with Gasteiger partial charge in [0, 0.05) is 12.0 Å². The molecule has 0 aromatic heterocycles. The van der Waals surface area contributed by atoms with Crippen molar-refractivity contribution in [3.8, 4) is 0 Å². The number of hydrogen-bond acceptors (Lipinski definition) is 4. The van der Waals surface area contributed by atoms with Crippen LogP contribution in [0.2, 0.25) is 0 Å². The number of carboxylic acid groups (broad SMARTS) is 1. The average Bonchev–Trinajstić information content (AvgIpc) is 2.18. The second-order valence-corrected chi connectivity index (χ2v) is 6.86. The Morgan fingerprint density at radius 3 is 2.00 bits per heavy atom. The van der Waals surface area contributed by atoms with E-state index in [1.807, 2.05) is 0 Å². The number of rotatable bonds is 5. The van der Waals surface area contributed by atoms with Crippen molar-refractivity contribution in [3.05, 3.63) is 0 Å². The summed E-state index contributed by atoms with van der Waals surface area (Å²) in [7, 11) is 0.